The van der Waals surface area contributed by atoms with E-state index in [0.717, 1.165) is 58.1 Å². The Hall–Kier alpha value is -2.90. The lowest BCUT2D eigenvalue weighted by Gasteiger charge is -2.41. The molecular formula is C27H34N6O. The topological polar surface area (TPSA) is 73.1 Å². The van der Waals surface area contributed by atoms with Crippen LogP contribution in [-0.2, 0) is 11.3 Å². The minimum atomic E-state index is 0.606. The third-order valence-electron chi connectivity index (χ3n) is 7.53. The third kappa shape index (κ3) is 4.18. The minimum Gasteiger partial charge on any atom is -0.377 e. The van der Waals surface area contributed by atoms with E-state index in [-0.39, 0.29) is 0 Å². The highest BCUT2D eigenvalue weighted by molar-refractivity contribution is 5.93. The van der Waals surface area contributed by atoms with Crippen molar-refractivity contribution in [3.8, 4) is 11.5 Å². The molecule has 4 heterocycles. The number of H-pyrrole nitrogens is 2. The van der Waals surface area contributed by atoms with Gasteiger partial charge < -0.3 is 19.5 Å². The lowest BCUT2D eigenvalue weighted by molar-refractivity contribution is 0.134. The van der Waals surface area contributed by atoms with Crippen LogP contribution in [0.15, 0.2) is 36.4 Å². The average molecular weight is 459 g/mol. The lowest BCUT2D eigenvalue weighted by Crippen LogP contribution is -2.46. The molecule has 34 heavy (non-hydrogen) atoms. The zero-order chi connectivity index (χ0) is 22.9. The first-order valence-corrected chi connectivity index (χ1v) is 12.8. The molecule has 178 valence electrons. The predicted octanol–water partition coefficient (Wildman–Crippen LogP) is 5.10. The number of aromatic amines is 2. The number of anilines is 1. The zero-order valence-corrected chi connectivity index (χ0v) is 20.0. The van der Waals surface area contributed by atoms with Gasteiger partial charge in [0.1, 0.15) is 5.69 Å². The van der Waals surface area contributed by atoms with Gasteiger partial charge in [-0.2, -0.15) is 5.10 Å². The largest absolute Gasteiger partial charge is 0.377 e. The highest BCUT2D eigenvalue weighted by Crippen LogP contribution is 2.30. The van der Waals surface area contributed by atoms with E-state index >= 15 is 0 Å². The molecule has 2 aromatic carbocycles. The van der Waals surface area contributed by atoms with E-state index < -0.39 is 0 Å². The maximum absolute atomic E-state index is 5.59. The third-order valence-corrected chi connectivity index (χ3v) is 7.53. The van der Waals surface area contributed by atoms with E-state index in [1.54, 1.807) is 0 Å². The number of nitrogens with zero attached hydrogens (tertiary/aromatic N) is 4. The Morgan fingerprint density at radius 3 is 2.65 bits per heavy atom. The van der Waals surface area contributed by atoms with Crippen LogP contribution in [0.3, 0.4) is 0 Å². The SMILES string of the molecule is CCOCc1ccc2[nH]nc(-c3nc4ccc(N5CCC(N6CCCCC6)CC5)cc4[nH]3)c2c1. The Morgan fingerprint density at radius 2 is 1.82 bits per heavy atom. The first-order valence-electron chi connectivity index (χ1n) is 12.8. The summed E-state index contributed by atoms with van der Waals surface area (Å²) in [5, 5.41) is 8.78. The van der Waals surface area contributed by atoms with Crippen LogP contribution in [0.2, 0.25) is 0 Å². The van der Waals surface area contributed by atoms with Crippen molar-refractivity contribution in [2.45, 2.75) is 51.7 Å². The standard InChI is InChI=1S/C27H34N6O/c1-2-34-18-19-6-8-23-22(16-19)26(31-30-23)27-28-24-9-7-21(17-25(24)29-27)33-14-10-20(11-15-33)32-12-4-3-5-13-32/h6-9,16-17,20H,2-5,10-15,18H2,1H3,(H,28,29)(H,30,31). The number of fused-ring (bicyclic) bond motifs is 2. The van der Waals surface area contributed by atoms with E-state index in [2.05, 4.69) is 61.4 Å². The first kappa shape index (κ1) is 21.6. The summed E-state index contributed by atoms with van der Waals surface area (Å²) >= 11 is 0. The molecule has 7 heteroatoms. The van der Waals surface area contributed by atoms with E-state index in [9.17, 15) is 0 Å². The van der Waals surface area contributed by atoms with Gasteiger partial charge >= 0.3 is 0 Å². The quantitative estimate of drug-likeness (QED) is 0.421. The molecule has 2 saturated heterocycles. The molecule has 2 aromatic heterocycles. The van der Waals surface area contributed by atoms with E-state index in [4.69, 9.17) is 9.72 Å². The van der Waals surface area contributed by atoms with E-state index in [1.807, 2.05) is 6.92 Å². The Morgan fingerprint density at radius 1 is 0.971 bits per heavy atom. The van der Waals surface area contributed by atoms with Gasteiger partial charge in [0.05, 0.1) is 23.2 Å². The fourth-order valence-corrected chi connectivity index (χ4v) is 5.63. The summed E-state index contributed by atoms with van der Waals surface area (Å²) < 4.78 is 5.59. The summed E-state index contributed by atoms with van der Waals surface area (Å²) in [7, 11) is 0. The maximum Gasteiger partial charge on any atom is 0.159 e. The number of aromatic nitrogens is 4. The molecule has 0 spiro atoms. The fourth-order valence-electron chi connectivity index (χ4n) is 5.63. The Kier molecular flexibility index (Phi) is 5.97. The van der Waals surface area contributed by atoms with Gasteiger partial charge in [-0.15, -0.1) is 0 Å². The number of hydrogen-bond acceptors (Lipinski definition) is 5. The van der Waals surface area contributed by atoms with Crippen LogP contribution in [0.4, 0.5) is 5.69 Å². The highest BCUT2D eigenvalue weighted by atomic mass is 16.5. The molecule has 2 aliphatic heterocycles. The van der Waals surface area contributed by atoms with Crippen LogP contribution < -0.4 is 4.90 Å². The summed E-state index contributed by atoms with van der Waals surface area (Å²) in [5.41, 5.74) is 6.33. The molecule has 6 rings (SSSR count). The van der Waals surface area contributed by atoms with Crippen molar-refractivity contribution in [2.24, 2.45) is 0 Å². The number of piperidine rings is 2. The Labute approximate surface area is 200 Å². The van der Waals surface area contributed by atoms with Crippen molar-refractivity contribution in [3.63, 3.8) is 0 Å². The molecular weight excluding hydrogens is 424 g/mol. The van der Waals surface area contributed by atoms with Crippen LogP contribution >= 0.6 is 0 Å². The first-order chi connectivity index (χ1) is 16.8. The number of likely N-dealkylation sites (tertiary alicyclic amines) is 1. The number of ether oxygens (including phenoxy) is 1. The summed E-state index contributed by atoms with van der Waals surface area (Å²) in [6.45, 7) is 8.17. The monoisotopic (exact) mass is 458 g/mol. The van der Waals surface area contributed by atoms with Crippen molar-refractivity contribution >= 4 is 27.6 Å². The van der Waals surface area contributed by atoms with Crippen molar-refractivity contribution < 1.29 is 4.74 Å². The van der Waals surface area contributed by atoms with Crippen LogP contribution in [-0.4, -0.2) is 63.9 Å². The molecule has 0 bridgehead atoms. The molecule has 0 atom stereocenters. The van der Waals surface area contributed by atoms with Crippen LogP contribution in [0.25, 0.3) is 33.5 Å². The van der Waals surface area contributed by atoms with Crippen LogP contribution in [0, 0.1) is 0 Å². The van der Waals surface area contributed by atoms with E-state index in [0.29, 0.717) is 13.2 Å². The summed E-state index contributed by atoms with van der Waals surface area (Å²) in [6.07, 6.45) is 6.67. The Balaban J connectivity index is 1.21. The maximum atomic E-state index is 5.59. The molecule has 4 aromatic rings. The fraction of sp³-hybridized carbons (Fsp3) is 0.481. The van der Waals surface area contributed by atoms with Gasteiger partial charge in [-0.3, -0.25) is 5.10 Å². The normalized spacial score (nSPS) is 18.3. The predicted molar refractivity (Wildman–Crippen MR) is 137 cm³/mol. The minimum absolute atomic E-state index is 0.606. The van der Waals surface area contributed by atoms with Crippen LogP contribution in [0.5, 0.6) is 0 Å². The number of nitrogens with one attached hydrogen (secondary N) is 2. The van der Waals surface area contributed by atoms with Gasteiger partial charge in [0.15, 0.2) is 5.82 Å². The molecule has 0 unspecified atom stereocenters. The molecule has 2 fully saturated rings. The second-order valence-electron chi connectivity index (χ2n) is 9.69. The van der Waals surface area contributed by atoms with Crippen molar-refractivity contribution in [1.29, 1.82) is 0 Å². The molecule has 2 aliphatic rings. The molecule has 0 amide bonds. The number of benzene rings is 2. The number of imidazole rings is 1. The van der Waals surface area contributed by atoms with Crippen molar-refractivity contribution in [2.75, 3.05) is 37.7 Å². The highest BCUT2D eigenvalue weighted by Gasteiger charge is 2.26. The van der Waals surface area contributed by atoms with E-state index in [1.165, 1.54) is 50.9 Å². The molecule has 0 aliphatic carbocycles. The van der Waals surface area contributed by atoms with Crippen molar-refractivity contribution in [1.82, 2.24) is 25.1 Å². The number of rotatable bonds is 6. The molecule has 0 saturated carbocycles. The smallest absolute Gasteiger partial charge is 0.159 e. The summed E-state index contributed by atoms with van der Waals surface area (Å²) in [6, 6.07) is 13.7. The number of hydrogen-bond donors (Lipinski definition) is 2. The van der Waals surface area contributed by atoms with Gasteiger partial charge in [0.2, 0.25) is 0 Å². The zero-order valence-electron chi connectivity index (χ0n) is 20.0. The van der Waals surface area contributed by atoms with Gasteiger partial charge in [-0.05, 0) is 81.6 Å². The van der Waals surface area contributed by atoms with Gasteiger partial charge in [-0.25, -0.2) is 4.98 Å². The molecule has 7 nitrogen and oxygen atoms in total. The lowest BCUT2D eigenvalue weighted by atomic mass is 9.99. The van der Waals surface area contributed by atoms with Gasteiger partial charge in [0, 0.05) is 36.8 Å². The van der Waals surface area contributed by atoms with Gasteiger partial charge in [0.25, 0.3) is 0 Å². The van der Waals surface area contributed by atoms with Crippen molar-refractivity contribution in [3.05, 3.63) is 42.0 Å². The average Bonchev–Trinajstić information content (AvgIpc) is 3.51. The molecule has 0 radical (unpaired) electrons. The summed E-state index contributed by atoms with van der Waals surface area (Å²) in [4.78, 5) is 13.7. The second-order valence-corrected chi connectivity index (χ2v) is 9.69. The van der Waals surface area contributed by atoms with Crippen LogP contribution in [0.1, 0.15) is 44.6 Å². The molecule has 2 N–H and O–H groups in total. The second kappa shape index (κ2) is 9.39. The van der Waals surface area contributed by atoms with Gasteiger partial charge in [-0.1, -0.05) is 12.5 Å². The Bertz CT molecular complexity index is 1260. The summed E-state index contributed by atoms with van der Waals surface area (Å²) in [5.74, 6) is 0.802.